The Labute approximate surface area is 89.7 Å². The largest absolute Gasteiger partial charge is 0.375 e. The highest BCUT2D eigenvalue weighted by Gasteiger charge is 2.48. The molecule has 2 rings (SSSR count). The first kappa shape index (κ1) is 10.3. The summed E-state index contributed by atoms with van der Waals surface area (Å²) in [6.07, 6.45) is 1.16. The monoisotopic (exact) mass is 216 g/mol. The predicted octanol–water partition coefficient (Wildman–Crippen LogP) is 0.0119. The van der Waals surface area contributed by atoms with Crippen LogP contribution in [0.3, 0.4) is 0 Å². The van der Waals surface area contributed by atoms with Crippen molar-refractivity contribution in [2.75, 3.05) is 39.9 Å². The van der Waals surface area contributed by atoms with Crippen molar-refractivity contribution in [2.45, 2.75) is 6.42 Å². The first-order chi connectivity index (χ1) is 6.65. The van der Waals surface area contributed by atoms with Crippen LogP contribution in [0.15, 0.2) is 0 Å². The third kappa shape index (κ3) is 1.76. The fourth-order valence-corrected chi connectivity index (χ4v) is 2.72. The Bertz CT molecular complexity index is 241. The van der Waals surface area contributed by atoms with Crippen LogP contribution in [0.25, 0.3) is 0 Å². The molecule has 5 heteroatoms. The molecule has 0 aromatic heterocycles. The summed E-state index contributed by atoms with van der Waals surface area (Å²) >= 11 is 4.32. The average Bonchev–Trinajstić information content (AvgIpc) is 2.45. The maximum atomic E-state index is 11.4. The molecule has 14 heavy (non-hydrogen) atoms. The van der Waals surface area contributed by atoms with Crippen molar-refractivity contribution in [3.05, 3.63) is 0 Å². The fraction of sp³-hybridized carbons (Fsp3) is 0.889. The summed E-state index contributed by atoms with van der Waals surface area (Å²) in [4.78, 5) is 13.3. The SMILES string of the molecule is COCC(=O)N1CC2(CCN(S)C2)C1. The van der Waals surface area contributed by atoms with Crippen molar-refractivity contribution in [1.29, 1.82) is 0 Å². The second-order valence-electron chi connectivity index (χ2n) is 4.32. The first-order valence-electron chi connectivity index (χ1n) is 4.86. The van der Waals surface area contributed by atoms with Gasteiger partial charge in [0.25, 0.3) is 0 Å². The number of amides is 1. The van der Waals surface area contributed by atoms with Gasteiger partial charge in [0.1, 0.15) is 6.61 Å². The van der Waals surface area contributed by atoms with Gasteiger partial charge in [-0.2, -0.15) is 0 Å². The minimum atomic E-state index is 0.107. The van der Waals surface area contributed by atoms with Crippen LogP contribution in [0.4, 0.5) is 0 Å². The van der Waals surface area contributed by atoms with E-state index in [1.165, 1.54) is 0 Å². The quantitative estimate of drug-likeness (QED) is 0.660. The molecule has 2 aliphatic rings. The summed E-state index contributed by atoms with van der Waals surface area (Å²) in [6, 6.07) is 0. The Morgan fingerprint density at radius 3 is 2.71 bits per heavy atom. The molecule has 1 spiro atoms. The van der Waals surface area contributed by atoms with Crippen molar-refractivity contribution < 1.29 is 9.53 Å². The molecule has 2 heterocycles. The van der Waals surface area contributed by atoms with Crippen LogP contribution in [-0.2, 0) is 9.53 Å². The summed E-state index contributed by atoms with van der Waals surface area (Å²) < 4.78 is 6.86. The van der Waals surface area contributed by atoms with Gasteiger partial charge in [0.2, 0.25) is 5.91 Å². The van der Waals surface area contributed by atoms with Crippen molar-refractivity contribution in [1.82, 2.24) is 9.21 Å². The van der Waals surface area contributed by atoms with Gasteiger partial charge in [-0.25, -0.2) is 0 Å². The zero-order valence-electron chi connectivity index (χ0n) is 8.40. The van der Waals surface area contributed by atoms with Gasteiger partial charge in [-0.05, 0) is 6.42 Å². The van der Waals surface area contributed by atoms with Crippen LogP contribution in [0.1, 0.15) is 6.42 Å². The highest BCUT2D eigenvalue weighted by Crippen LogP contribution is 2.39. The molecule has 80 valence electrons. The second kappa shape index (κ2) is 3.72. The van der Waals surface area contributed by atoms with Gasteiger partial charge in [-0.3, -0.25) is 9.10 Å². The minimum Gasteiger partial charge on any atom is -0.375 e. The molecule has 0 atom stereocenters. The molecular weight excluding hydrogens is 200 g/mol. The van der Waals surface area contributed by atoms with Gasteiger partial charge in [-0.1, -0.05) is 12.8 Å². The van der Waals surface area contributed by atoms with Crippen molar-refractivity contribution in [3.8, 4) is 0 Å². The lowest BCUT2D eigenvalue weighted by Crippen LogP contribution is -2.59. The van der Waals surface area contributed by atoms with Gasteiger partial charge in [0.05, 0.1) is 0 Å². The standard InChI is InChI=1S/C9H16N2O2S/c1-13-4-8(12)10-5-9(6-10)2-3-11(14)7-9/h14H,2-7H2,1H3. The number of rotatable bonds is 2. The molecule has 2 aliphatic heterocycles. The molecule has 0 aliphatic carbocycles. The molecule has 0 aromatic rings. The molecule has 0 unspecified atom stereocenters. The summed E-state index contributed by atoms with van der Waals surface area (Å²) in [7, 11) is 1.55. The lowest BCUT2D eigenvalue weighted by Gasteiger charge is -2.47. The first-order valence-corrected chi connectivity index (χ1v) is 5.26. The van der Waals surface area contributed by atoms with Gasteiger partial charge >= 0.3 is 0 Å². The predicted molar refractivity (Wildman–Crippen MR) is 56.1 cm³/mol. The molecule has 0 aromatic carbocycles. The van der Waals surface area contributed by atoms with Crippen LogP contribution in [0, 0.1) is 5.41 Å². The van der Waals surface area contributed by atoms with E-state index in [1.54, 1.807) is 7.11 Å². The molecule has 2 fully saturated rings. The van der Waals surface area contributed by atoms with E-state index >= 15 is 0 Å². The van der Waals surface area contributed by atoms with E-state index in [4.69, 9.17) is 4.74 Å². The van der Waals surface area contributed by atoms with E-state index in [9.17, 15) is 4.79 Å². The van der Waals surface area contributed by atoms with Crippen LogP contribution in [0.2, 0.25) is 0 Å². The van der Waals surface area contributed by atoms with E-state index in [-0.39, 0.29) is 12.5 Å². The molecule has 0 N–H and O–H groups in total. The van der Waals surface area contributed by atoms with Gasteiger partial charge in [0.15, 0.2) is 0 Å². The number of hydrogen-bond donors (Lipinski definition) is 1. The molecule has 0 radical (unpaired) electrons. The molecule has 0 bridgehead atoms. The van der Waals surface area contributed by atoms with Crippen molar-refractivity contribution in [2.24, 2.45) is 5.41 Å². The molecule has 4 nitrogen and oxygen atoms in total. The zero-order valence-corrected chi connectivity index (χ0v) is 9.30. The average molecular weight is 216 g/mol. The molecule has 2 saturated heterocycles. The number of hydrogen-bond acceptors (Lipinski definition) is 4. The van der Waals surface area contributed by atoms with Crippen molar-refractivity contribution in [3.63, 3.8) is 0 Å². The number of methoxy groups -OCH3 is 1. The maximum absolute atomic E-state index is 11.4. The Hall–Kier alpha value is -0.260. The summed E-state index contributed by atoms with van der Waals surface area (Å²) in [6.45, 7) is 4.02. The van der Waals surface area contributed by atoms with Crippen LogP contribution in [-0.4, -0.2) is 55.0 Å². The number of thiol groups is 1. The normalized spacial score (nSPS) is 25.4. The highest BCUT2D eigenvalue weighted by molar-refractivity contribution is 7.77. The fourth-order valence-electron chi connectivity index (χ4n) is 2.32. The Morgan fingerprint density at radius 2 is 2.21 bits per heavy atom. The number of carbonyl (C=O) groups is 1. The van der Waals surface area contributed by atoms with E-state index < -0.39 is 0 Å². The van der Waals surface area contributed by atoms with E-state index in [1.807, 2.05) is 9.21 Å². The number of carbonyl (C=O) groups excluding carboxylic acids is 1. The zero-order chi connectivity index (χ0) is 10.2. The van der Waals surface area contributed by atoms with E-state index in [0.29, 0.717) is 5.41 Å². The summed E-state index contributed by atoms with van der Waals surface area (Å²) in [5.74, 6) is 0.107. The van der Waals surface area contributed by atoms with Crippen LogP contribution >= 0.6 is 12.8 Å². The van der Waals surface area contributed by atoms with Gasteiger partial charge < -0.3 is 9.64 Å². The Balaban J connectivity index is 1.81. The third-order valence-electron chi connectivity index (χ3n) is 3.09. The summed E-state index contributed by atoms with van der Waals surface area (Å²) in [5.41, 5.74) is 0.338. The lowest BCUT2D eigenvalue weighted by molar-refractivity contribution is -0.146. The molecule has 0 saturated carbocycles. The topological polar surface area (TPSA) is 32.8 Å². The lowest BCUT2D eigenvalue weighted by atomic mass is 9.79. The Morgan fingerprint density at radius 1 is 1.50 bits per heavy atom. The Kier molecular flexibility index (Phi) is 2.72. The smallest absolute Gasteiger partial charge is 0.248 e. The van der Waals surface area contributed by atoms with Crippen molar-refractivity contribution >= 4 is 18.7 Å². The van der Waals surface area contributed by atoms with Crippen LogP contribution in [0.5, 0.6) is 0 Å². The molecule has 1 amide bonds. The second-order valence-corrected chi connectivity index (χ2v) is 4.89. The van der Waals surface area contributed by atoms with Gasteiger partial charge in [0, 0.05) is 38.7 Å². The minimum absolute atomic E-state index is 0.107. The third-order valence-corrected chi connectivity index (χ3v) is 3.43. The number of likely N-dealkylation sites (tertiary alicyclic amines) is 1. The molecular formula is C9H16N2O2S. The summed E-state index contributed by atoms with van der Waals surface area (Å²) in [5, 5.41) is 0. The highest BCUT2D eigenvalue weighted by atomic mass is 32.1. The number of nitrogens with zero attached hydrogens (tertiary/aromatic N) is 2. The van der Waals surface area contributed by atoms with Gasteiger partial charge in [-0.15, -0.1) is 0 Å². The number of ether oxygens (including phenoxy) is 1. The maximum Gasteiger partial charge on any atom is 0.248 e. The van der Waals surface area contributed by atoms with E-state index in [2.05, 4.69) is 12.8 Å². The van der Waals surface area contributed by atoms with Crippen LogP contribution < -0.4 is 0 Å². The van der Waals surface area contributed by atoms with E-state index in [0.717, 1.165) is 32.6 Å².